The molecule has 3 heterocycles. The fraction of sp³-hybridized carbons (Fsp3) is 0.211. The molecule has 0 N–H and O–H groups in total. The largest absolute Gasteiger partial charge is 0.481 e. The zero-order chi connectivity index (χ0) is 18.4. The molecular formula is C19H17ClN4O2. The maximum atomic E-state index is 13.1. The van der Waals surface area contributed by atoms with E-state index >= 15 is 0 Å². The van der Waals surface area contributed by atoms with Crippen LogP contribution in [0.3, 0.4) is 0 Å². The SMILES string of the molecule is CCn1c(=O)c2c(C)nc(-c3ccccc3Cl)n2c2nc(OC)ccc21. The van der Waals surface area contributed by atoms with Gasteiger partial charge in [0.2, 0.25) is 5.88 Å². The molecule has 1 aromatic carbocycles. The maximum absolute atomic E-state index is 13.1. The lowest BCUT2D eigenvalue weighted by molar-refractivity contribution is 0.399. The van der Waals surface area contributed by atoms with Crippen molar-refractivity contribution in [2.24, 2.45) is 0 Å². The lowest BCUT2D eigenvalue weighted by Gasteiger charge is -2.12. The van der Waals surface area contributed by atoms with Crippen LogP contribution in [-0.4, -0.2) is 26.0 Å². The van der Waals surface area contributed by atoms with Gasteiger partial charge in [-0.05, 0) is 32.0 Å². The molecule has 3 aromatic heterocycles. The van der Waals surface area contributed by atoms with Gasteiger partial charge in [-0.3, -0.25) is 9.20 Å². The second kappa shape index (κ2) is 6.14. The number of aromatic nitrogens is 4. The summed E-state index contributed by atoms with van der Waals surface area (Å²) in [7, 11) is 1.56. The number of pyridine rings is 1. The molecule has 0 fully saturated rings. The van der Waals surface area contributed by atoms with Gasteiger partial charge in [-0.2, -0.15) is 4.98 Å². The predicted octanol–water partition coefficient (Wildman–Crippen LogP) is 3.70. The Morgan fingerprint density at radius 3 is 2.62 bits per heavy atom. The number of imidazole rings is 1. The van der Waals surface area contributed by atoms with Crippen LogP contribution in [0.5, 0.6) is 5.88 Å². The Bertz CT molecular complexity index is 1210. The van der Waals surface area contributed by atoms with Crippen LogP contribution in [0.15, 0.2) is 41.2 Å². The monoisotopic (exact) mass is 368 g/mol. The first-order valence-electron chi connectivity index (χ1n) is 8.28. The van der Waals surface area contributed by atoms with Crippen LogP contribution < -0.4 is 10.3 Å². The Morgan fingerprint density at radius 2 is 1.92 bits per heavy atom. The van der Waals surface area contributed by atoms with Crippen molar-refractivity contribution in [1.82, 2.24) is 18.9 Å². The quantitative estimate of drug-likeness (QED) is 0.553. The number of halogens is 1. The van der Waals surface area contributed by atoms with Gasteiger partial charge in [0.1, 0.15) is 11.3 Å². The summed E-state index contributed by atoms with van der Waals surface area (Å²) in [5, 5.41) is 0.565. The molecule has 26 heavy (non-hydrogen) atoms. The summed E-state index contributed by atoms with van der Waals surface area (Å²) in [6.07, 6.45) is 0. The molecular weight excluding hydrogens is 352 g/mol. The highest BCUT2D eigenvalue weighted by Crippen LogP contribution is 2.30. The molecule has 7 heteroatoms. The molecule has 0 aliphatic rings. The van der Waals surface area contributed by atoms with Crippen LogP contribution in [0.25, 0.3) is 28.1 Å². The van der Waals surface area contributed by atoms with Gasteiger partial charge < -0.3 is 9.30 Å². The van der Waals surface area contributed by atoms with E-state index in [0.29, 0.717) is 40.1 Å². The van der Waals surface area contributed by atoms with Crippen molar-refractivity contribution in [3.05, 3.63) is 57.5 Å². The number of rotatable bonds is 3. The minimum atomic E-state index is -0.102. The number of hydrogen-bond acceptors (Lipinski definition) is 4. The number of hydrogen-bond donors (Lipinski definition) is 0. The highest BCUT2D eigenvalue weighted by molar-refractivity contribution is 6.33. The molecule has 0 radical (unpaired) electrons. The Kier molecular flexibility index (Phi) is 3.92. The van der Waals surface area contributed by atoms with Crippen LogP contribution in [0.1, 0.15) is 12.6 Å². The summed E-state index contributed by atoms with van der Waals surface area (Å²) in [4.78, 5) is 22.3. The normalized spacial score (nSPS) is 11.4. The molecule has 6 nitrogen and oxygen atoms in total. The van der Waals surface area contributed by atoms with Gasteiger partial charge in [-0.25, -0.2) is 4.98 Å². The zero-order valence-corrected chi connectivity index (χ0v) is 15.4. The van der Waals surface area contributed by atoms with Crippen molar-refractivity contribution in [2.45, 2.75) is 20.4 Å². The van der Waals surface area contributed by atoms with E-state index in [1.165, 1.54) is 0 Å². The van der Waals surface area contributed by atoms with Crippen LogP contribution in [-0.2, 0) is 6.54 Å². The van der Waals surface area contributed by atoms with E-state index in [2.05, 4.69) is 9.97 Å². The first kappa shape index (κ1) is 16.6. The van der Waals surface area contributed by atoms with Crippen molar-refractivity contribution in [3.63, 3.8) is 0 Å². The molecule has 0 aliphatic heterocycles. The van der Waals surface area contributed by atoms with E-state index in [-0.39, 0.29) is 5.56 Å². The topological polar surface area (TPSA) is 61.4 Å². The van der Waals surface area contributed by atoms with Crippen LogP contribution in [0.2, 0.25) is 5.02 Å². The highest BCUT2D eigenvalue weighted by atomic mass is 35.5. The number of benzene rings is 1. The van der Waals surface area contributed by atoms with Crippen molar-refractivity contribution >= 4 is 28.3 Å². The molecule has 0 saturated carbocycles. The minimum Gasteiger partial charge on any atom is -0.481 e. The third-order valence-electron chi connectivity index (χ3n) is 4.47. The predicted molar refractivity (Wildman–Crippen MR) is 102 cm³/mol. The van der Waals surface area contributed by atoms with Crippen molar-refractivity contribution in [2.75, 3.05) is 7.11 Å². The molecule has 0 amide bonds. The molecule has 4 rings (SSSR count). The van der Waals surface area contributed by atoms with Gasteiger partial charge >= 0.3 is 0 Å². The highest BCUT2D eigenvalue weighted by Gasteiger charge is 2.20. The first-order chi connectivity index (χ1) is 12.6. The van der Waals surface area contributed by atoms with E-state index in [9.17, 15) is 4.79 Å². The smallest absolute Gasteiger partial charge is 0.277 e. The Labute approximate surface area is 154 Å². The van der Waals surface area contributed by atoms with E-state index < -0.39 is 0 Å². The Hall–Kier alpha value is -2.86. The first-order valence-corrected chi connectivity index (χ1v) is 8.66. The van der Waals surface area contributed by atoms with Crippen molar-refractivity contribution in [1.29, 1.82) is 0 Å². The number of aryl methyl sites for hydroxylation is 2. The number of methoxy groups -OCH3 is 1. The van der Waals surface area contributed by atoms with Gasteiger partial charge in [-0.15, -0.1) is 0 Å². The van der Waals surface area contributed by atoms with Crippen LogP contribution in [0.4, 0.5) is 0 Å². The van der Waals surface area contributed by atoms with Gasteiger partial charge in [-0.1, -0.05) is 23.7 Å². The summed E-state index contributed by atoms with van der Waals surface area (Å²) in [6, 6.07) is 11.0. The summed E-state index contributed by atoms with van der Waals surface area (Å²) >= 11 is 6.39. The summed E-state index contributed by atoms with van der Waals surface area (Å²) in [6.45, 7) is 4.29. The minimum absolute atomic E-state index is 0.102. The third kappa shape index (κ3) is 2.29. The second-order valence-corrected chi connectivity index (χ2v) is 6.34. The standard InChI is InChI=1S/C19H17ClN4O2/c1-4-23-14-9-10-15(26-3)22-18(14)24-16(19(23)25)11(2)21-17(24)12-7-5-6-8-13(12)20/h5-10H,4H2,1-3H3. The molecule has 0 saturated heterocycles. The van der Waals surface area contributed by atoms with Gasteiger partial charge in [0, 0.05) is 18.2 Å². The molecule has 0 spiro atoms. The Morgan fingerprint density at radius 1 is 1.15 bits per heavy atom. The van der Waals surface area contributed by atoms with E-state index in [1.807, 2.05) is 38.1 Å². The molecule has 0 unspecified atom stereocenters. The summed E-state index contributed by atoms with van der Waals surface area (Å²) in [5.74, 6) is 1.06. The fourth-order valence-electron chi connectivity index (χ4n) is 3.27. The van der Waals surface area contributed by atoms with Gasteiger partial charge in [0.25, 0.3) is 5.56 Å². The molecule has 4 aromatic rings. The summed E-state index contributed by atoms with van der Waals surface area (Å²) in [5.41, 5.74) is 3.11. The molecule has 0 atom stereocenters. The molecule has 0 aliphatic carbocycles. The average Bonchev–Trinajstić information content (AvgIpc) is 3.00. The van der Waals surface area contributed by atoms with Gasteiger partial charge in [0.15, 0.2) is 5.65 Å². The summed E-state index contributed by atoms with van der Waals surface area (Å²) < 4.78 is 8.77. The van der Waals surface area contributed by atoms with Crippen LogP contribution >= 0.6 is 11.6 Å². The average molecular weight is 369 g/mol. The number of nitrogens with zero attached hydrogens (tertiary/aromatic N) is 4. The molecule has 0 bridgehead atoms. The van der Waals surface area contributed by atoms with E-state index in [0.717, 1.165) is 11.1 Å². The number of fused-ring (bicyclic) bond motifs is 3. The fourth-order valence-corrected chi connectivity index (χ4v) is 3.49. The maximum Gasteiger partial charge on any atom is 0.277 e. The van der Waals surface area contributed by atoms with E-state index in [4.69, 9.17) is 16.3 Å². The second-order valence-electron chi connectivity index (χ2n) is 5.93. The lowest BCUT2D eigenvalue weighted by atomic mass is 10.2. The third-order valence-corrected chi connectivity index (χ3v) is 4.80. The van der Waals surface area contributed by atoms with E-state index in [1.54, 1.807) is 28.2 Å². The Balaban J connectivity index is 2.27. The van der Waals surface area contributed by atoms with Gasteiger partial charge in [0.05, 0.1) is 23.3 Å². The van der Waals surface area contributed by atoms with Crippen molar-refractivity contribution in [3.8, 4) is 17.3 Å². The number of ether oxygens (including phenoxy) is 1. The van der Waals surface area contributed by atoms with Crippen molar-refractivity contribution < 1.29 is 4.74 Å². The van der Waals surface area contributed by atoms with Crippen LogP contribution in [0, 0.1) is 6.92 Å². The lowest BCUT2D eigenvalue weighted by Crippen LogP contribution is -2.23. The zero-order valence-electron chi connectivity index (χ0n) is 14.7. The molecule has 132 valence electrons.